The summed E-state index contributed by atoms with van der Waals surface area (Å²) in [5.41, 5.74) is 4.77. The average Bonchev–Trinajstić information content (AvgIpc) is 3.47. The van der Waals surface area contributed by atoms with E-state index in [2.05, 4.69) is 39.2 Å². The molecule has 5 rings (SSSR count). The molecule has 0 saturated carbocycles. The summed E-state index contributed by atoms with van der Waals surface area (Å²) in [6, 6.07) is 14.2. The van der Waals surface area contributed by atoms with Crippen LogP contribution in [-0.4, -0.2) is 80.1 Å². The molecule has 0 atom stereocenters. The first kappa shape index (κ1) is 33.6. The molecule has 0 amide bonds. The fourth-order valence-corrected chi connectivity index (χ4v) is 3.81. The van der Waals surface area contributed by atoms with Gasteiger partial charge in [0.15, 0.2) is 0 Å². The van der Waals surface area contributed by atoms with Crippen LogP contribution in [-0.2, 0) is 21.4 Å². The normalized spacial score (nSPS) is 13.4. The van der Waals surface area contributed by atoms with E-state index in [9.17, 15) is 31.1 Å². The number of benzene rings is 2. The highest BCUT2D eigenvalue weighted by Gasteiger charge is 2.38. The standard InChI is InChI=1S/C23H23N5O2.2C2HF3O2/c1-16-25-22-8-3-17(13-21(22)23(29)26(16)2)18-14-24-28(15-18)20-6-4-19(5-7-20)27-9-11-30-12-10-27;2*3-2(4,5)1(6)7/h3-8,13-15H,9-12H2,1-2H3;2*(H,6,7). The minimum absolute atomic E-state index is 0.0366. The van der Waals surface area contributed by atoms with Gasteiger partial charge in [0, 0.05) is 37.6 Å². The Morgan fingerprint density at radius 1 is 0.864 bits per heavy atom. The van der Waals surface area contributed by atoms with E-state index in [1.54, 1.807) is 11.6 Å². The molecule has 0 spiro atoms. The number of hydrogen-bond acceptors (Lipinski definition) is 7. The van der Waals surface area contributed by atoms with Crippen LogP contribution >= 0.6 is 0 Å². The molecule has 0 radical (unpaired) electrons. The van der Waals surface area contributed by atoms with Gasteiger partial charge in [-0.1, -0.05) is 6.07 Å². The predicted molar refractivity (Wildman–Crippen MR) is 145 cm³/mol. The van der Waals surface area contributed by atoms with Gasteiger partial charge in [0.25, 0.3) is 5.56 Å². The second-order valence-electron chi connectivity index (χ2n) is 9.15. The number of ether oxygens (including phenoxy) is 1. The molecular weight excluding hydrogens is 604 g/mol. The zero-order valence-corrected chi connectivity index (χ0v) is 23.1. The van der Waals surface area contributed by atoms with E-state index in [-0.39, 0.29) is 5.56 Å². The van der Waals surface area contributed by atoms with E-state index in [1.165, 1.54) is 5.69 Å². The number of aryl methyl sites for hydroxylation is 1. The summed E-state index contributed by atoms with van der Waals surface area (Å²) in [6.45, 7) is 5.22. The van der Waals surface area contributed by atoms with Crippen LogP contribution in [0, 0.1) is 6.92 Å². The average molecular weight is 630 g/mol. The summed E-state index contributed by atoms with van der Waals surface area (Å²) in [5, 5.41) is 19.4. The number of morpholine rings is 1. The number of aliphatic carboxylic acids is 2. The highest BCUT2D eigenvalue weighted by molar-refractivity contribution is 5.83. The van der Waals surface area contributed by atoms with Crippen molar-refractivity contribution in [2.75, 3.05) is 31.2 Å². The van der Waals surface area contributed by atoms with Crippen LogP contribution in [0.2, 0.25) is 0 Å². The van der Waals surface area contributed by atoms with Crippen LogP contribution < -0.4 is 10.5 Å². The van der Waals surface area contributed by atoms with Crippen LogP contribution in [0.5, 0.6) is 0 Å². The van der Waals surface area contributed by atoms with Crippen LogP contribution in [0.3, 0.4) is 0 Å². The lowest BCUT2D eigenvalue weighted by molar-refractivity contribution is -0.193. The number of carboxylic acid groups (broad SMARTS) is 2. The van der Waals surface area contributed by atoms with E-state index >= 15 is 0 Å². The largest absolute Gasteiger partial charge is 0.490 e. The van der Waals surface area contributed by atoms with Gasteiger partial charge in [-0.3, -0.25) is 9.36 Å². The third-order valence-electron chi connectivity index (χ3n) is 6.19. The lowest BCUT2D eigenvalue weighted by Crippen LogP contribution is -2.36. The van der Waals surface area contributed by atoms with Crippen molar-refractivity contribution < 1.29 is 50.9 Å². The number of anilines is 1. The fourth-order valence-electron chi connectivity index (χ4n) is 3.81. The smallest absolute Gasteiger partial charge is 0.475 e. The minimum Gasteiger partial charge on any atom is -0.475 e. The summed E-state index contributed by atoms with van der Waals surface area (Å²) in [7, 11) is 1.75. The topological polar surface area (TPSA) is 140 Å². The Bertz CT molecular complexity index is 1650. The molecule has 1 aliphatic rings. The van der Waals surface area contributed by atoms with Crippen molar-refractivity contribution in [3.8, 4) is 16.8 Å². The van der Waals surface area contributed by atoms with Gasteiger partial charge in [0.2, 0.25) is 0 Å². The van der Waals surface area contributed by atoms with E-state index in [4.69, 9.17) is 24.5 Å². The monoisotopic (exact) mass is 629 g/mol. The maximum atomic E-state index is 12.6. The Morgan fingerprint density at radius 3 is 1.91 bits per heavy atom. The van der Waals surface area contributed by atoms with Gasteiger partial charge in [-0.05, 0) is 48.9 Å². The predicted octanol–water partition coefficient (Wildman–Crippen LogP) is 4.20. The molecule has 2 aromatic heterocycles. The van der Waals surface area contributed by atoms with E-state index in [1.807, 2.05) is 42.2 Å². The highest BCUT2D eigenvalue weighted by atomic mass is 19.4. The molecule has 1 aliphatic heterocycles. The van der Waals surface area contributed by atoms with E-state index in [0.717, 1.165) is 43.1 Å². The number of nitrogens with zero attached hydrogens (tertiary/aromatic N) is 5. The Hall–Kier alpha value is -4.93. The Labute approximate surface area is 244 Å². The van der Waals surface area contributed by atoms with Crippen molar-refractivity contribution in [1.29, 1.82) is 0 Å². The summed E-state index contributed by atoms with van der Waals surface area (Å²) in [6.07, 6.45) is -6.36. The van der Waals surface area contributed by atoms with Crippen LogP contribution in [0.1, 0.15) is 5.82 Å². The van der Waals surface area contributed by atoms with Crippen molar-refractivity contribution in [2.24, 2.45) is 7.05 Å². The van der Waals surface area contributed by atoms with Gasteiger partial charge in [0.1, 0.15) is 5.82 Å². The minimum atomic E-state index is -5.08. The Balaban J connectivity index is 0.000000317. The Kier molecular flexibility index (Phi) is 10.4. The van der Waals surface area contributed by atoms with Gasteiger partial charge in [0.05, 0.1) is 36.0 Å². The number of carboxylic acids is 2. The molecule has 4 aromatic rings. The number of halogens is 6. The van der Waals surface area contributed by atoms with Gasteiger partial charge in [-0.2, -0.15) is 31.4 Å². The van der Waals surface area contributed by atoms with E-state index in [0.29, 0.717) is 16.7 Å². The summed E-state index contributed by atoms with van der Waals surface area (Å²) >= 11 is 0. The first-order valence-electron chi connectivity index (χ1n) is 12.5. The molecule has 2 aromatic carbocycles. The number of hydrogen-bond donors (Lipinski definition) is 2. The summed E-state index contributed by atoms with van der Waals surface area (Å²) in [5.74, 6) is -4.81. The van der Waals surface area contributed by atoms with E-state index < -0.39 is 24.3 Å². The third-order valence-corrected chi connectivity index (χ3v) is 6.19. The first-order chi connectivity index (χ1) is 20.5. The summed E-state index contributed by atoms with van der Waals surface area (Å²) in [4.78, 5) is 37.2. The summed E-state index contributed by atoms with van der Waals surface area (Å²) < 4.78 is 72.3. The molecule has 1 fully saturated rings. The second-order valence-corrected chi connectivity index (χ2v) is 9.15. The maximum Gasteiger partial charge on any atom is 0.490 e. The third kappa shape index (κ3) is 8.56. The zero-order chi connectivity index (χ0) is 32.8. The maximum absolute atomic E-state index is 12.6. The molecule has 44 heavy (non-hydrogen) atoms. The van der Waals surface area contributed by atoms with Gasteiger partial charge >= 0.3 is 24.3 Å². The molecule has 0 aliphatic carbocycles. The van der Waals surface area contributed by atoms with Crippen molar-refractivity contribution in [1.82, 2.24) is 19.3 Å². The van der Waals surface area contributed by atoms with Crippen molar-refractivity contribution in [3.63, 3.8) is 0 Å². The van der Waals surface area contributed by atoms with Crippen molar-refractivity contribution >= 4 is 28.5 Å². The molecular formula is C27H25F6N5O6. The number of carbonyl (C=O) groups is 2. The van der Waals surface area contributed by atoms with Crippen LogP contribution in [0.4, 0.5) is 32.0 Å². The molecule has 2 N–H and O–H groups in total. The quantitative estimate of drug-likeness (QED) is 0.319. The van der Waals surface area contributed by atoms with Gasteiger partial charge in [-0.25, -0.2) is 19.3 Å². The number of alkyl halides is 6. The lowest BCUT2D eigenvalue weighted by Gasteiger charge is -2.28. The van der Waals surface area contributed by atoms with Gasteiger partial charge in [-0.15, -0.1) is 0 Å². The van der Waals surface area contributed by atoms with Crippen molar-refractivity contribution in [3.05, 3.63) is 71.0 Å². The molecule has 11 nitrogen and oxygen atoms in total. The number of aromatic nitrogens is 4. The number of rotatable bonds is 3. The lowest BCUT2D eigenvalue weighted by atomic mass is 10.1. The molecule has 0 unspecified atom stereocenters. The highest BCUT2D eigenvalue weighted by Crippen LogP contribution is 2.24. The molecule has 236 valence electrons. The second kappa shape index (κ2) is 13.6. The molecule has 0 bridgehead atoms. The zero-order valence-electron chi connectivity index (χ0n) is 23.1. The molecule has 3 heterocycles. The van der Waals surface area contributed by atoms with Crippen LogP contribution in [0.15, 0.2) is 59.7 Å². The van der Waals surface area contributed by atoms with Gasteiger partial charge < -0.3 is 19.8 Å². The Morgan fingerprint density at radius 2 is 1.39 bits per heavy atom. The van der Waals surface area contributed by atoms with Crippen LogP contribution in [0.25, 0.3) is 27.7 Å². The molecule has 1 saturated heterocycles. The first-order valence-corrected chi connectivity index (χ1v) is 12.5. The fraction of sp³-hybridized carbons (Fsp3) is 0.296. The van der Waals surface area contributed by atoms with Crippen molar-refractivity contribution in [2.45, 2.75) is 19.3 Å². The SMILES string of the molecule is Cc1nc2ccc(-c3cnn(-c4ccc(N5CCOCC5)cc4)c3)cc2c(=O)n1C.O=C(O)C(F)(F)F.O=C(O)C(F)(F)F. The molecule has 17 heteroatoms. The number of fused-ring (bicyclic) bond motifs is 1.